The van der Waals surface area contributed by atoms with Crippen LogP contribution in [-0.2, 0) is 17.9 Å². The summed E-state index contributed by atoms with van der Waals surface area (Å²) >= 11 is 0. The molecule has 4 nitrogen and oxygen atoms in total. The van der Waals surface area contributed by atoms with Crippen LogP contribution in [0.25, 0.3) is 0 Å². The highest BCUT2D eigenvalue weighted by Gasteiger charge is 2.34. The lowest BCUT2D eigenvalue weighted by molar-refractivity contribution is -0.127. The molecule has 0 bridgehead atoms. The number of amides is 1. The van der Waals surface area contributed by atoms with Gasteiger partial charge in [-0.2, -0.15) is 0 Å². The first kappa shape index (κ1) is 24.2. The zero-order chi connectivity index (χ0) is 17.5. The van der Waals surface area contributed by atoms with Gasteiger partial charge in [-0.15, -0.1) is 24.8 Å². The highest BCUT2D eigenvalue weighted by Crippen LogP contribution is 2.26. The first-order valence-corrected chi connectivity index (χ1v) is 10.0. The molecule has 1 aliphatic carbocycles. The first-order chi connectivity index (χ1) is 12.2. The van der Waals surface area contributed by atoms with Crippen molar-refractivity contribution in [1.29, 1.82) is 0 Å². The molecule has 3 N–H and O–H groups in total. The summed E-state index contributed by atoms with van der Waals surface area (Å²) in [5, 5.41) is 3.12. The predicted octanol–water partition coefficient (Wildman–Crippen LogP) is 4.18. The second-order valence-corrected chi connectivity index (χ2v) is 7.86. The SMILES string of the molecule is Cl.Cl.NC1(C(=O)NCc2ccccc2CN2CCCCCC2)CCCCC1. The van der Waals surface area contributed by atoms with Crippen LogP contribution in [0, 0.1) is 0 Å². The predicted molar refractivity (Wildman–Crippen MR) is 117 cm³/mol. The van der Waals surface area contributed by atoms with E-state index < -0.39 is 5.54 Å². The second kappa shape index (κ2) is 11.9. The number of halogens is 2. The number of nitrogens with zero attached hydrogens (tertiary/aromatic N) is 1. The molecule has 1 aromatic carbocycles. The van der Waals surface area contributed by atoms with Gasteiger partial charge in [0.2, 0.25) is 5.91 Å². The molecule has 0 unspecified atom stereocenters. The number of hydrogen-bond donors (Lipinski definition) is 2. The summed E-state index contributed by atoms with van der Waals surface area (Å²) in [5.41, 5.74) is 8.25. The minimum Gasteiger partial charge on any atom is -0.350 e. The minimum absolute atomic E-state index is 0. The first-order valence-electron chi connectivity index (χ1n) is 10.0. The van der Waals surface area contributed by atoms with Gasteiger partial charge in [-0.05, 0) is 49.9 Å². The van der Waals surface area contributed by atoms with E-state index in [9.17, 15) is 4.79 Å². The lowest BCUT2D eigenvalue weighted by Gasteiger charge is -2.32. The lowest BCUT2D eigenvalue weighted by atomic mass is 9.82. The summed E-state index contributed by atoms with van der Waals surface area (Å²) in [7, 11) is 0. The maximum atomic E-state index is 12.6. The smallest absolute Gasteiger partial charge is 0.240 e. The molecule has 2 fully saturated rings. The number of hydrogen-bond acceptors (Lipinski definition) is 3. The Kier molecular flexibility index (Phi) is 10.7. The Balaban J connectivity index is 0.00000182. The summed E-state index contributed by atoms with van der Waals surface area (Å²) in [6, 6.07) is 8.50. The largest absolute Gasteiger partial charge is 0.350 e. The van der Waals surface area contributed by atoms with Crippen molar-refractivity contribution in [1.82, 2.24) is 10.2 Å². The maximum absolute atomic E-state index is 12.6. The summed E-state index contributed by atoms with van der Waals surface area (Å²) in [5.74, 6) is 0.0248. The quantitative estimate of drug-likeness (QED) is 0.757. The van der Waals surface area contributed by atoms with Gasteiger partial charge < -0.3 is 11.1 Å². The van der Waals surface area contributed by atoms with E-state index >= 15 is 0 Å². The Morgan fingerprint density at radius 1 is 0.926 bits per heavy atom. The lowest BCUT2D eigenvalue weighted by Crippen LogP contribution is -2.54. The zero-order valence-corrected chi connectivity index (χ0v) is 17.9. The fourth-order valence-electron chi connectivity index (χ4n) is 4.18. The monoisotopic (exact) mass is 415 g/mol. The van der Waals surface area contributed by atoms with Gasteiger partial charge in [0.15, 0.2) is 0 Å². The van der Waals surface area contributed by atoms with E-state index in [4.69, 9.17) is 5.73 Å². The molecule has 1 aromatic rings. The van der Waals surface area contributed by atoms with Crippen LogP contribution in [0.4, 0.5) is 0 Å². The summed E-state index contributed by atoms with van der Waals surface area (Å²) in [6.45, 7) is 3.95. The van der Waals surface area contributed by atoms with E-state index in [1.165, 1.54) is 56.3 Å². The van der Waals surface area contributed by atoms with Gasteiger partial charge in [0.05, 0.1) is 5.54 Å². The summed E-state index contributed by atoms with van der Waals surface area (Å²) in [4.78, 5) is 15.1. The number of nitrogens with one attached hydrogen (secondary N) is 1. The normalized spacial score (nSPS) is 19.9. The van der Waals surface area contributed by atoms with Crippen LogP contribution in [0.1, 0.15) is 68.9 Å². The molecule has 3 rings (SSSR count). The van der Waals surface area contributed by atoms with E-state index in [2.05, 4.69) is 34.5 Å². The molecule has 0 atom stereocenters. The number of likely N-dealkylation sites (tertiary alicyclic amines) is 1. The van der Waals surface area contributed by atoms with Crippen LogP contribution in [0.3, 0.4) is 0 Å². The second-order valence-electron chi connectivity index (χ2n) is 7.86. The fourth-order valence-corrected chi connectivity index (χ4v) is 4.18. The number of nitrogens with two attached hydrogens (primary N) is 1. The van der Waals surface area contributed by atoms with Crippen molar-refractivity contribution in [2.24, 2.45) is 5.73 Å². The fraction of sp³-hybridized carbons (Fsp3) is 0.667. The van der Waals surface area contributed by atoms with Crippen LogP contribution in [0.15, 0.2) is 24.3 Å². The molecule has 1 amide bonds. The Bertz CT molecular complexity index is 568. The third kappa shape index (κ3) is 6.94. The van der Waals surface area contributed by atoms with Crippen molar-refractivity contribution >= 4 is 30.7 Å². The van der Waals surface area contributed by atoms with Crippen LogP contribution < -0.4 is 11.1 Å². The van der Waals surface area contributed by atoms with Crippen molar-refractivity contribution in [3.63, 3.8) is 0 Å². The molecule has 0 spiro atoms. The van der Waals surface area contributed by atoms with Crippen molar-refractivity contribution in [2.45, 2.75) is 76.4 Å². The zero-order valence-electron chi connectivity index (χ0n) is 16.3. The van der Waals surface area contributed by atoms with Crippen molar-refractivity contribution in [3.05, 3.63) is 35.4 Å². The Labute approximate surface area is 176 Å². The van der Waals surface area contributed by atoms with E-state index in [0.29, 0.717) is 6.54 Å². The van der Waals surface area contributed by atoms with Crippen LogP contribution >= 0.6 is 24.8 Å². The van der Waals surface area contributed by atoms with Crippen molar-refractivity contribution < 1.29 is 4.79 Å². The van der Waals surface area contributed by atoms with Gasteiger partial charge in [0, 0.05) is 13.1 Å². The molecule has 1 saturated heterocycles. The summed E-state index contributed by atoms with van der Waals surface area (Å²) < 4.78 is 0. The number of carbonyl (C=O) groups excluding carboxylic acids is 1. The topological polar surface area (TPSA) is 58.4 Å². The molecule has 154 valence electrons. The van der Waals surface area contributed by atoms with Crippen LogP contribution in [0.2, 0.25) is 0 Å². The molecule has 6 heteroatoms. The van der Waals surface area contributed by atoms with E-state index in [1.54, 1.807) is 0 Å². The summed E-state index contributed by atoms with van der Waals surface area (Å²) in [6.07, 6.45) is 10.3. The van der Waals surface area contributed by atoms with Gasteiger partial charge in [-0.1, -0.05) is 56.4 Å². The molecule has 0 radical (unpaired) electrons. The standard InChI is InChI=1S/C21H33N3O.2ClH/c22-21(12-6-3-7-13-21)20(25)23-16-18-10-4-5-11-19(18)17-24-14-8-1-2-9-15-24;;/h4-5,10-11H,1-3,6-9,12-17,22H2,(H,23,25);2*1H. The molecule has 1 saturated carbocycles. The maximum Gasteiger partial charge on any atom is 0.240 e. The molecule has 0 aromatic heterocycles. The third-order valence-corrected chi connectivity index (χ3v) is 5.85. The van der Waals surface area contributed by atoms with E-state index in [0.717, 1.165) is 32.2 Å². The van der Waals surface area contributed by atoms with E-state index in [1.807, 2.05) is 0 Å². The third-order valence-electron chi connectivity index (χ3n) is 5.85. The van der Waals surface area contributed by atoms with Crippen LogP contribution in [0.5, 0.6) is 0 Å². The van der Waals surface area contributed by atoms with Crippen molar-refractivity contribution in [3.8, 4) is 0 Å². The molecule has 1 heterocycles. The van der Waals surface area contributed by atoms with E-state index in [-0.39, 0.29) is 30.7 Å². The van der Waals surface area contributed by atoms with Crippen molar-refractivity contribution in [2.75, 3.05) is 13.1 Å². The number of rotatable bonds is 5. The molecular weight excluding hydrogens is 381 g/mol. The minimum atomic E-state index is -0.655. The molecule has 27 heavy (non-hydrogen) atoms. The number of benzene rings is 1. The Hall–Kier alpha value is -0.810. The van der Waals surface area contributed by atoms with Gasteiger partial charge in [0.1, 0.15) is 0 Å². The van der Waals surface area contributed by atoms with Gasteiger partial charge >= 0.3 is 0 Å². The molecule has 2 aliphatic rings. The highest BCUT2D eigenvalue weighted by atomic mass is 35.5. The highest BCUT2D eigenvalue weighted by molar-refractivity contribution is 5.86. The molecule has 1 aliphatic heterocycles. The van der Waals surface area contributed by atoms with Gasteiger partial charge in [0.25, 0.3) is 0 Å². The Morgan fingerprint density at radius 3 is 2.11 bits per heavy atom. The van der Waals surface area contributed by atoms with Gasteiger partial charge in [-0.3, -0.25) is 9.69 Å². The Morgan fingerprint density at radius 2 is 1.48 bits per heavy atom. The average molecular weight is 416 g/mol. The molecular formula is C21H35Cl2N3O. The number of carbonyl (C=O) groups is 1. The average Bonchev–Trinajstić information content (AvgIpc) is 2.90. The van der Waals surface area contributed by atoms with Crippen LogP contribution in [-0.4, -0.2) is 29.4 Å². The van der Waals surface area contributed by atoms with Gasteiger partial charge in [-0.25, -0.2) is 0 Å².